The first-order valence-electron chi connectivity index (χ1n) is 8.29. The molecule has 3 aromatic carbocycles. The Bertz CT molecular complexity index is 846. The highest BCUT2D eigenvalue weighted by Gasteiger charge is 2.22. The molecule has 1 N–H and O–H groups in total. The Morgan fingerprint density at radius 1 is 0.840 bits per heavy atom. The van der Waals surface area contributed by atoms with E-state index < -0.39 is 0 Å². The van der Waals surface area contributed by atoms with Crippen molar-refractivity contribution in [3.05, 3.63) is 95.6 Å². The quantitative estimate of drug-likeness (QED) is 0.593. The molecule has 0 aliphatic rings. The molecule has 3 heteroatoms. The Kier molecular flexibility index (Phi) is 5.56. The molecule has 0 fully saturated rings. The molecular weight excluding hydrogens is 326 g/mol. The maximum atomic E-state index is 13.0. The molecule has 126 valence electrons. The summed E-state index contributed by atoms with van der Waals surface area (Å²) >= 11 is 1.57. The van der Waals surface area contributed by atoms with Gasteiger partial charge in [0.2, 0.25) is 5.91 Å². The molecule has 3 aromatic rings. The summed E-state index contributed by atoms with van der Waals surface area (Å²) in [6.07, 6.45) is 0. The van der Waals surface area contributed by atoms with Crippen molar-refractivity contribution in [2.45, 2.75) is 24.0 Å². The van der Waals surface area contributed by atoms with Gasteiger partial charge in [-0.25, -0.2) is 0 Å². The normalized spacial score (nSPS) is 11.8. The highest BCUT2D eigenvalue weighted by atomic mass is 32.2. The van der Waals surface area contributed by atoms with E-state index in [9.17, 15) is 4.79 Å². The van der Waals surface area contributed by atoms with Gasteiger partial charge >= 0.3 is 0 Å². The van der Waals surface area contributed by atoms with E-state index in [1.165, 1.54) is 5.56 Å². The van der Waals surface area contributed by atoms with E-state index in [0.717, 1.165) is 21.7 Å². The summed E-state index contributed by atoms with van der Waals surface area (Å²) < 4.78 is 0. The summed E-state index contributed by atoms with van der Waals surface area (Å²) in [7, 11) is 0. The highest BCUT2D eigenvalue weighted by molar-refractivity contribution is 8.00. The molecule has 25 heavy (non-hydrogen) atoms. The van der Waals surface area contributed by atoms with Gasteiger partial charge in [0.1, 0.15) is 5.25 Å². The van der Waals surface area contributed by atoms with Crippen LogP contribution >= 0.6 is 11.8 Å². The van der Waals surface area contributed by atoms with Gasteiger partial charge in [-0.2, -0.15) is 0 Å². The summed E-state index contributed by atoms with van der Waals surface area (Å²) in [6.45, 7) is 4.09. The van der Waals surface area contributed by atoms with Crippen LogP contribution in [-0.2, 0) is 4.79 Å². The Balaban J connectivity index is 1.88. The van der Waals surface area contributed by atoms with Crippen LogP contribution in [-0.4, -0.2) is 5.91 Å². The smallest absolute Gasteiger partial charge is 0.242 e. The average molecular weight is 347 g/mol. The predicted molar refractivity (Wildman–Crippen MR) is 106 cm³/mol. The summed E-state index contributed by atoms with van der Waals surface area (Å²) in [4.78, 5) is 14.1. The van der Waals surface area contributed by atoms with Crippen molar-refractivity contribution in [2.75, 3.05) is 5.32 Å². The lowest BCUT2D eigenvalue weighted by Gasteiger charge is -2.18. The van der Waals surface area contributed by atoms with Crippen LogP contribution in [0.2, 0.25) is 0 Å². The van der Waals surface area contributed by atoms with Crippen LogP contribution in [0.15, 0.2) is 83.8 Å². The van der Waals surface area contributed by atoms with Crippen LogP contribution in [0.25, 0.3) is 0 Å². The number of anilines is 1. The zero-order chi connectivity index (χ0) is 17.6. The Morgan fingerprint density at radius 3 is 2.16 bits per heavy atom. The fourth-order valence-electron chi connectivity index (χ4n) is 2.62. The number of hydrogen-bond acceptors (Lipinski definition) is 2. The maximum absolute atomic E-state index is 13.0. The van der Waals surface area contributed by atoms with Crippen LogP contribution in [0.3, 0.4) is 0 Å². The van der Waals surface area contributed by atoms with Crippen LogP contribution in [0.5, 0.6) is 0 Å². The van der Waals surface area contributed by atoms with Gasteiger partial charge < -0.3 is 5.32 Å². The Hall–Kier alpha value is -2.52. The van der Waals surface area contributed by atoms with Gasteiger partial charge in [0.15, 0.2) is 0 Å². The fourth-order valence-corrected chi connectivity index (χ4v) is 3.67. The molecule has 2 nitrogen and oxygen atoms in total. The maximum Gasteiger partial charge on any atom is 0.242 e. The number of rotatable bonds is 5. The van der Waals surface area contributed by atoms with E-state index in [2.05, 4.69) is 18.3 Å². The van der Waals surface area contributed by atoms with Gasteiger partial charge in [-0.3, -0.25) is 4.79 Å². The van der Waals surface area contributed by atoms with Crippen LogP contribution in [0, 0.1) is 13.8 Å². The van der Waals surface area contributed by atoms with Gasteiger partial charge in [-0.1, -0.05) is 60.7 Å². The number of hydrogen-bond donors (Lipinski definition) is 1. The highest BCUT2D eigenvalue weighted by Crippen LogP contribution is 2.36. The second kappa shape index (κ2) is 8.04. The number of benzene rings is 3. The van der Waals surface area contributed by atoms with E-state index >= 15 is 0 Å². The fraction of sp³-hybridized carbons (Fsp3) is 0.136. The van der Waals surface area contributed by atoms with Crippen LogP contribution in [0.1, 0.15) is 21.9 Å². The first-order chi connectivity index (χ1) is 12.1. The third-order valence-electron chi connectivity index (χ3n) is 4.20. The molecule has 3 rings (SSSR count). The van der Waals surface area contributed by atoms with Gasteiger partial charge in [0.25, 0.3) is 0 Å². The van der Waals surface area contributed by atoms with Gasteiger partial charge in [0, 0.05) is 10.6 Å². The molecule has 0 saturated carbocycles. The SMILES string of the molecule is Cc1cccc(NC(=O)C(Sc2ccccc2)c2ccccc2)c1C. The number of aryl methyl sites for hydroxylation is 1. The van der Waals surface area contributed by atoms with E-state index in [0.29, 0.717) is 0 Å². The van der Waals surface area contributed by atoms with Crippen molar-refractivity contribution < 1.29 is 4.79 Å². The Morgan fingerprint density at radius 2 is 1.48 bits per heavy atom. The van der Waals surface area contributed by atoms with Crippen molar-refractivity contribution in [2.24, 2.45) is 0 Å². The van der Waals surface area contributed by atoms with Crippen molar-refractivity contribution in [1.82, 2.24) is 0 Å². The largest absolute Gasteiger partial charge is 0.325 e. The molecule has 0 radical (unpaired) electrons. The van der Waals surface area contributed by atoms with Gasteiger partial charge in [-0.05, 0) is 48.7 Å². The van der Waals surface area contributed by atoms with Gasteiger partial charge in [-0.15, -0.1) is 11.8 Å². The standard InChI is InChI=1S/C22H21NOS/c1-16-10-9-15-20(17(16)2)23-22(24)21(18-11-5-3-6-12-18)25-19-13-7-4-8-14-19/h3-15,21H,1-2H3,(H,23,24). The van der Waals surface area contributed by atoms with E-state index in [4.69, 9.17) is 0 Å². The minimum atomic E-state index is -0.302. The Labute approximate surface area is 153 Å². The van der Waals surface area contributed by atoms with Crippen molar-refractivity contribution in [3.8, 4) is 0 Å². The van der Waals surface area contributed by atoms with Crippen molar-refractivity contribution in [3.63, 3.8) is 0 Å². The molecule has 0 aliphatic heterocycles. The van der Waals surface area contributed by atoms with E-state index in [-0.39, 0.29) is 11.2 Å². The molecule has 1 amide bonds. The van der Waals surface area contributed by atoms with Crippen molar-refractivity contribution >= 4 is 23.4 Å². The first kappa shape index (κ1) is 17.3. The minimum Gasteiger partial charge on any atom is -0.325 e. The summed E-state index contributed by atoms with van der Waals surface area (Å²) in [6, 6.07) is 25.9. The molecular formula is C22H21NOS. The monoisotopic (exact) mass is 347 g/mol. The molecule has 1 unspecified atom stereocenters. The molecule has 0 spiro atoms. The number of carbonyl (C=O) groups excluding carboxylic acids is 1. The number of carbonyl (C=O) groups is 1. The summed E-state index contributed by atoms with van der Waals surface area (Å²) in [5.41, 5.74) is 4.15. The molecule has 0 aromatic heterocycles. The molecule has 1 atom stereocenters. The number of nitrogens with one attached hydrogen (secondary N) is 1. The van der Waals surface area contributed by atoms with Crippen LogP contribution < -0.4 is 5.32 Å². The minimum absolute atomic E-state index is 0.00578. The van der Waals surface area contributed by atoms with E-state index in [1.807, 2.05) is 79.7 Å². The summed E-state index contributed by atoms with van der Waals surface area (Å²) in [5.74, 6) is -0.00578. The zero-order valence-corrected chi connectivity index (χ0v) is 15.2. The zero-order valence-electron chi connectivity index (χ0n) is 14.4. The van der Waals surface area contributed by atoms with Crippen LogP contribution in [0.4, 0.5) is 5.69 Å². The van der Waals surface area contributed by atoms with Gasteiger partial charge in [0.05, 0.1) is 0 Å². The number of thioether (sulfide) groups is 1. The first-order valence-corrected chi connectivity index (χ1v) is 9.17. The lowest BCUT2D eigenvalue weighted by atomic mass is 10.1. The predicted octanol–water partition coefficient (Wildman–Crippen LogP) is 5.78. The average Bonchev–Trinajstić information content (AvgIpc) is 2.65. The second-order valence-corrected chi connectivity index (χ2v) is 7.14. The molecule has 0 aliphatic carbocycles. The number of amides is 1. The topological polar surface area (TPSA) is 29.1 Å². The summed E-state index contributed by atoms with van der Waals surface area (Å²) in [5, 5.41) is 2.81. The lowest BCUT2D eigenvalue weighted by Crippen LogP contribution is -2.19. The molecule has 0 bridgehead atoms. The van der Waals surface area contributed by atoms with Crippen molar-refractivity contribution in [1.29, 1.82) is 0 Å². The molecule has 0 heterocycles. The third kappa shape index (κ3) is 4.31. The second-order valence-electron chi connectivity index (χ2n) is 5.96. The molecule has 0 saturated heterocycles. The third-order valence-corrected chi connectivity index (χ3v) is 5.47. The lowest BCUT2D eigenvalue weighted by molar-refractivity contribution is -0.115. The van der Waals surface area contributed by atoms with E-state index in [1.54, 1.807) is 11.8 Å².